The van der Waals surface area contributed by atoms with Crippen LogP contribution in [0.2, 0.25) is 0 Å². The van der Waals surface area contributed by atoms with E-state index >= 15 is 0 Å². The third-order valence-electron chi connectivity index (χ3n) is 3.96. The number of nitrogens with one attached hydrogen (secondary N) is 3. The van der Waals surface area contributed by atoms with Gasteiger partial charge in [-0.1, -0.05) is 6.08 Å². The Kier molecular flexibility index (Phi) is 4.20. The van der Waals surface area contributed by atoms with E-state index in [0.717, 1.165) is 25.1 Å². The summed E-state index contributed by atoms with van der Waals surface area (Å²) >= 11 is 0. The maximum absolute atomic E-state index is 14.3. The van der Waals surface area contributed by atoms with Crippen molar-refractivity contribution in [1.82, 2.24) is 10.6 Å². The number of amides is 2. The molecule has 22 heavy (non-hydrogen) atoms. The summed E-state index contributed by atoms with van der Waals surface area (Å²) in [4.78, 5) is 22.8. The molecule has 0 radical (unpaired) electrons. The van der Waals surface area contributed by atoms with Crippen molar-refractivity contribution in [3.8, 4) is 0 Å². The highest BCUT2D eigenvalue weighted by atomic mass is 19.1. The number of halogens is 1. The third kappa shape index (κ3) is 3.17. The van der Waals surface area contributed by atoms with Crippen molar-refractivity contribution in [2.75, 3.05) is 18.4 Å². The summed E-state index contributed by atoms with van der Waals surface area (Å²) in [5.41, 5.74) is 2.16. The number of hydrogen-bond donors (Lipinski definition) is 3. The standard InChI is InChI=1S/C16H18FN3O2/c17-13-9-11(19-14-3-4-15(21)20-16(14)22)1-2-12(13)10-5-7-18-8-6-10/h1-2,5,9,14,18-19H,3-4,6-8H2,(H,20,21,22). The molecule has 1 saturated heterocycles. The minimum atomic E-state index is -0.499. The minimum absolute atomic E-state index is 0.262. The second-order valence-corrected chi connectivity index (χ2v) is 5.53. The number of hydrogen-bond acceptors (Lipinski definition) is 4. The zero-order valence-corrected chi connectivity index (χ0v) is 12.1. The lowest BCUT2D eigenvalue weighted by atomic mass is 9.99. The van der Waals surface area contributed by atoms with Gasteiger partial charge in [-0.15, -0.1) is 0 Å². The van der Waals surface area contributed by atoms with Crippen LogP contribution in [0.15, 0.2) is 24.3 Å². The molecule has 2 amide bonds. The topological polar surface area (TPSA) is 70.2 Å². The maximum atomic E-state index is 14.3. The normalized spacial score (nSPS) is 22.0. The van der Waals surface area contributed by atoms with E-state index in [1.807, 2.05) is 6.08 Å². The van der Waals surface area contributed by atoms with Crippen LogP contribution in [-0.4, -0.2) is 30.9 Å². The fourth-order valence-corrected chi connectivity index (χ4v) is 2.76. The monoisotopic (exact) mass is 303 g/mol. The first-order chi connectivity index (χ1) is 10.6. The molecule has 1 unspecified atom stereocenters. The molecule has 2 aliphatic heterocycles. The summed E-state index contributed by atoms with van der Waals surface area (Å²) in [6, 6.07) is 4.41. The van der Waals surface area contributed by atoms with Crippen molar-refractivity contribution in [2.45, 2.75) is 25.3 Å². The van der Waals surface area contributed by atoms with Gasteiger partial charge in [-0.3, -0.25) is 14.9 Å². The molecule has 0 aromatic heterocycles. The van der Waals surface area contributed by atoms with Crippen LogP contribution in [0.1, 0.15) is 24.8 Å². The summed E-state index contributed by atoms with van der Waals surface area (Å²) in [6.45, 7) is 1.60. The quantitative estimate of drug-likeness (QED) is 0.739. The van der Waals surface area contributed by atoms with E-state index in [1.54, 1.807) is 12.1 Å². The van der Waals surface area contributed by atoms with Crippen molar-refractivity contribution in [3.63, 3.8) is 0 Å². The summed E-state index contributed by atoms with van der Waals surface area (Å²) in [5.74, 6) is -0.922. The number of carbonyl (C=O) groups excluding carboxylic acids is 2. The predicted molar refractivity (Wildman–Crippen MR) is 81.7 cm³/mol. The molecule has 0 bridgehead atoms. The molecule has 6 heteroatoms. The molecule has 116 valence electrons. The van der Waals surface area contributed by atoms with Crippen LogP contribution in [0, 0.1) is 5.82 Å². The zero-order valence-electron chi connectivity index (χ0n) is 12.1. The fraction of sp³-hybridized carbons (Fsp3) is 0.375. The molecule has 3 N–H and O–H groups in total. The van der Waals surface area contributed by atoms with Crippen LogP contribution in [0.4, 0.5) is 10.1 Å². The van der Waals surface area contributed by atoms with E-state index in [-0.39, 0.29) is 17.6 Å². The summed E-state index contributed by atoms with van der Waals surface area (Å²) < 4.78 is 14.3. The number of piperidine rings is 1. The van der Waals surface area contributed by atoms with Crippen LogP contribution in [-0.2, 0) is 9.59 Å². The van der Waals surface area contributed by atoms with Gasteiger partial charge in [0.15, 0.2) is 0 Å². The first kappa shape index (κ1) is 14.7. The lowest BCUT2D eigenvalue weighted by Gasteiger charge is -2.23. The Morgan fingerprint density at radius 3 is 2.77 bits per heavy atom. The molecule has 0 spiro atoms. The van der Waals surface area contributed by atoms with Crippen LogP contribution in [0.25, 0.3) is 5.57 Å². The highest BCUT2D eigenvalue weighted by Gasteiger charge is 2.26. The Morgan fingerprint density at radius 1 is 1.23 bits per heavy atom. The Bertz CT molecular complexity index is 642. The van der Waals surface area contributed by atoms with Gasteiger partial charge in [0.2, 0.25) is 11.8 Å². The number of imide groups is 1. The molecule has 2 aliphatic rings. The van der Waals surface area contributed by atoms with Gasteiger partial charge in [-0.2, -0.15) is 0 Å². The summed E-state index contributed by atoms with van der Waals surface area (Å²) in [7, 11) is 0. The van der Waals surface area contributed by atoms with Gasteiger partial charge in [0.1, 0.15) is 11.9 Å². The molecular formula is C16H18FN3O2. The van der Waals surface area contributed by atoms with Crippen LogP contribution in [0.3, 0.4) is 0 Å². The summed E-state index contributed by atoms with van der Waals surface area (Å²) in [5, 5.41) is 8.46. The molecule has 0 aliphatic carbocycles. The van der Waals surface area contributed by atoms with Crippen molar-refractivity contribution >= 4 is 23.1 Å². The van der Waals surface area contributed by atoms with E-state index < -0.39 is 6.04 Å². The number of rotatable bonds is 3. The fourth-order valence-electron chi connectivity index (χ4n) is 2.76. The molecule has 1 fully saturated rings. The van der Waals surface area contributed by atoms with E-state index in [9.17, 15) is 14.0 Å². The second kappa shape index (κ2) is 6.27. The SMILES string of the molecule is O=C1CCC(Nc2ccc(C3=CCNCC3)c(F)c2)C(=O)N1. The first-order valence-corrected chi connectivity index (χ1v) is 7.43. The Morgan fingerprint density at radius 2 is 2.09 bits per heavy atom. The number of anilines is 1. The van der Waals surface area contributed by atoms with E-state index in [4.69, 9.17) is 0 Å². The van der Waals surface area contributed by atoms with Crippen molar-refractivity contribution < 1.29 is 14.0 Å². The number of carbonyl (C=O) groups is 2. The van der Waals surface area contributed by atoms with Crippen molar-refractivity contribution in [1.29, 1.82) is 0 Å². The minimum Gasteiger partial charge on any atom is -0.374 e. The van der Waals surface area contributed by atoms with E-state index in [0.29, 0.717) is 24.1 Å². The van der Waals surface area contributed by atoms with Crippen molar-refractivity contribution in [2.24, 2.45) is 0 Å². The van der Waals surface area contributed by atoms with Gasteiger partial charge in [0.05, 0.1) is 0 Å². The average Bonchev–Trinajstić information content (AvgIpc) is 2.51. The third-order valence-corrected chi connectivity index (χ3v) is 3.96. The van der Waals surface area contributed by atoms with Crippen LogP contribution >= 0.6 is 0 Å². The smallest absolute Gasteiger partial charge is 0.249 e. The predicted octanol–water partition coefficient (Wildman–Crippen LogP) is 1.42. The van der Waals surface area contributed by atoms with Gasteiger partial charge in [-0.25, -0.2) is 4.39 Å². The molecule has 1 aromatic rings. The highest BCUT2D eigenvalue weighted by Crippen LogP contribution is 2.25. The molecule has 1 aromatic carbocycles. The maximum Gasteiger partial charge on any atom is 0.249 e. The lowest BCUT2D eigenvalue weighted by Crippen LogP contribution is -2.47. The van der Waals surface area contributed by atoms with Gasteiger partial charge in [0.25, 0.3) is 0 Å². The first-order valence-electron chi connectivity index (χ1n) is 7.43. The highest BCUT2D eigenvalue weighted by molar-refractivity contribution is 6.01. The van der Waals surface area contributed by atoms with Gasteiger partial charge in [-0.05, 0) is 43.2 Å². The van der Waals surface area contributed by atoms with Gasteiger partial charge in [0, 0.05) is 24.2 Å². The van der Waals surface area contributed by atoms with Crippen molar-refractivity contribution in [3.05, 3.63) is 35.7 Å². The van der Waals surface area contributed by atoms with Crippen LogP contribution in [0.5, 0.6) is 0 Å². The number of benzene rings is 1. The largest absolute Gasteiger partial charge is 0.374 e. The second-order valence-electron chi connectivity index (χ2n) is 5.53. The Labute approximate surface area is 128 Å². The average molecular weight is 303 g/mol. The Hall–Kier alpha value is -2.21. The molecule has 2 heterocycles. The Balaban J connectivity index is 1.73. The molecular weight excluding hydrogens is 285 g/mol. The van der Waals surface area contributed by atoms with Gasteiger partial charge < -0.3 is 10.6 Å². The molecule has 5 nitrogen and oxygen atoms in total. The molecule has 1 atom stereocenters. The lowest BCUT2D eigenvalue weighted by molar-refractivity contribution is -0.133. The molecule has 3 rings (SSSR count). The zero-order chi connectivity index (χ0) is 15.5. The van der Waals surface area contributed by atoms with E-state index in [1.165, 1.54) is 6.07 Å². The van der Waals surface area contributed by atoms with Crippen LogP contribution < -0.4 is 16.0 Å². The van der Waals surface area contributed by atoms with Gasteiger partial charge >= 0.3 is 0 Å². The molecule has 0 saturated carbocycles. The summed E-state index contributed by atoms with van der Waals surface area (Å²) in [6.07, 6.45) is 3.51. The van der Waals surface area contributed by atoms with E-state index in [2.05, 4.69) is 16.0 Å².